The fourth-order valence-electron chi connectivity index (χ4n) is 3.69. The van der Waals surface area contributed by atoms with Gasteiger partial charge in [-0.05, 0) is 74.6 Å². The summed E-state index contributed by atoms with van der Waals surface area (Å²) < 4.78 is 10.7. The molecule has 1 fully saturated rings. The van der Waals surface area contributed by atoms with Gasteiger partial charge < -0.3 is 19.8 Å². The highest BCUT2D eigenvalue weighted by atomic mass is 16.5. The lowest BCUT2D eigenvalue weighted by atomic mass is 10.1. The molecule has 0 bridgehead atoms. The molecule has 0 radical (unpaired) electrons. The minimum absolute atomic E-state index is 0.194. The Morgan fingerprint density at radius 1 is 0.935 bits per heavy atom. The van der Waals surface area contributed by atoms with Crippen molar-refractivity contribution in [3.8, 4) is 0 Å². The molecule has 7 heteroatoms. The maximum Gasteiger partial charge on any atom is 0.336 e. The Morgan fingerprint density at radius 2 is 1.71 bits per heavy atom. The smallest absolute Gasteiger partial charge is 0.336 e. The summed E-state index contributed by atoms with van der Waals surface area (Å²) in [6.45, 7) is 6.12. The first-order chi connectivity index (χ1) is 14.8. The number of nitrogens with one attached hydrogen (secondary N) is 2. The van der Waals surface area contributed by atoms with Crippen LogP contribution in [-0.4, -0.2) is 24.5 Å². The molecule has 1 atom stereocenters. The quantitative estimate of drug-likeness (QED) is 0.620. The van der Waals surface area contributed by atoms with Crippen LogP contribution in [0.4, 0.5) is 11.4 Å². The number of hydrogen-bond donors (Lipinski definition) is 2. The molecule has 2 amide bonds. The zero-order valence-corrected chi connectivity index (χ0v) is 17.7. The van der Waals surface area contributed by atoms with Gasteiger partial charge in [-0.3, -0.25) is 9.59 Å². The molecule has 2 N–H and O–H groups in total. The fraction of sp³-hybridized carbons (Fsp3) is 0.292. The van der Waals surface area contributed by atoms with Crippen LogP contribution in [0, 0.1) is 20.8 Å². The Morgan fingerprint density at radius 3 is 2.45 bits per heavy atom. The fourth-order valence-corrected chi connectivity index (χ4v) is 3.69. The maximum absolute atomic E-state index is 12.9. The molecule has 3 aromatic rings. The number of carbonyl (C=O) groups excluding carboxylic acids is 2. The molecule has 2 aromatic carbocycles. The number of amides is 2. The van der Waals surface area contributed by atoms with E-state index in [0.717, 1.165) is 28.5 Å². The van der Waals surface area contributed by atoms with Gasteiger partial charge in [0.25, 0.3) is 11.8 Å². The molecular weight excluding hydrogens is 396 g/mol. The minimum Gasteiger partial charge on any atom is -0.423 e. The summed E-state index contributed by atoms with van der Waals surface area (Å²) in [6, 6.07) is 10.1. The van der Waals surface area contributed by atoms with Crippen molar-refractivity contribution in [2.45, 2.75) is 39.7 Å². The third-order valence-electron chi connectivity index (χ3n) is 5.52. The average molecular weight is 420 g/mol. The van der Waals surface area contributed by atoms with Crippen LogP contribution in [0.25, 0.3) is 11.0 Å². The second-order valence-electron chi connectivity index (χ2n) is 7.89. The van der Waals surface area contributed by atoms with Gasteiger partial charge >= 0.3 is 5.63 Å². The van der Waals surface area contributed by atoms with Gasteiger partial charge in [0, 0.05) is 35.0 Å². The van der Waals surface area contributed by atoms with Gasteiger partial charge in [-0.15, -0.1) is 0 Å². The Balaban J connectivity index is 1.58. The summed E-state index contributed by atoms with van der Waals surface area (Å²) in [4.78, 5) is 36.9. The SMILES string of the molecule is Cc1cc2oc(=O)cc(C)c2cc1NC(=O)c1ccc(C)c(NC(=O)C2CCCO2)c1. The van der Waals surface area contributed by atoms with Crippen molar-refractivity contribution in [1.82, 2.24) is 0 Å². The van der Waals surface area contributed by atoms with Crippen LogP contribution in [-0.2, 0) is 9.53 Å². The van der Waals surface area contributed by atoms with Gasteiger partial charge in [-0.1, -0.05) is 6.07 Å². The molecule has 0 aliphatic carbocycles. The van der Waals surface area contributed by atoms with E-state index in [2.05, 4.69) is 10.6 Å². The third-order valence-corrected chi connectivity index (χ3v) is 5.52. The van der Waals surface area contributed by atoms with Crippen LogP contribution >= 0.6 is 0 Å². The summed E-state index contributed by atoms with van der Waals surface area (Å²) in [6.07, 6.45) is 1.12. The molecule has 7 nitrogen and oxygen atoms in total. The van der Waals surface area contributed by atoms with E-state index in [9.17, 15) is 14.4 Å². The predicted molar refractivity (Wildman–Crippen MR) is 119 cm³/mol. The largest absolute Gasteiger partial charge is 0.423 e. The molecule has 0 saturated carbocycles. The Labute approximate surface area is 179 Å². The van der Waals surface area contributed by atoms with Crippen LogP contribution in [0.15, 0.2) is 45.6 Å². The Kier molecular flexibility index (Phi) is 5.61. The van der Waals surface area contributed by atoms with Crippen molar-refractivity contribution in [2.75, 3.05) is 17.2 Å². The van der Waals surface area contributed by atoms with Gasteiger partial charge in [-0.2, -0.15) is 0 Å². The van der Waals surface area contributed by atoms with E-state index in [1.165, 1.54) is 6.07 Å². The zero-order chi connectivity index (χ0) is 22.1. The molecule has 4 rings (SSSR count). The summed E-state index contributed by atoms with van der Waals surface area (Å²) >= 11 is 0. The summed E-state index contributed by atoms with van der Waals surface area (Å²) in [7, 11) is 0. The predicted octanol–water partition coefficient (Wildman–Crippen LogP) is 4.09. The molecule has 31 heavy (non-hydrogen) atoms. The lowest BCUT2D eigenvalue weighted by Gasteiger charge is -2.14. The number of hydrogen-bond acceptors (Lipinski definition) is 5. The standard InChI is InChI=1S/C24H24N2O5/c1-13-6-7-16(11-18(13)26-24(29)20-5-4-8-30-20)23(28)25-19-12-17-14(2)10-22(27)31-21(17)9-15(19)3/h6-7,9-12,20H,4-5,8H2,1-3H3,(H,25,28)(H,26,29). The van der Waals surface area contributed by atoms with E-state index >= 15 is 0 Å². The second kappa shape index (κ2) is 8.35. The van der Waals surface area contributed by atoms with Crippen LogP contribution in [0.1, 0.15) is 39.9 Å². The minimum atomic E-state index is -0.444. The number of ether oxygens (including phenoxy) is 1. The average Bonchev–Trinajstić information content (AvgIpc) is 3.25. The maximum atomic E-state index is 12.9. The van der Waals surface area contributed by atoms with Crippen LogP contribution in [0.5, 0.6) is 0 Å². The number of anilines is 2. The van der Waals surface area contributed by atoms with E-state index in [0.29, 0.717) is 35.5 Å². The van der Waals surface area contributed by atoms with Crippen LogP contribution < -0.4 is 16.3 Å². The molecule has 1 unspecified atom stereocenters. The molecule has 1 aliphatic rings. The van der Waals surface area contributed by atoms with Gasteiger partial charge in [0.15, 0.2) is 0 Å². The highest BCUT2D eigenvalue weighted by Gasteiger charge is 2.24. The van der Waals surface area contributed by atoms with Crippen molar-refractivity contribution < 1.29 is 18.7 Å². The lowest BCUT2D eigenvalue weighted by Crippen LogP contribution is -2.27. The molecular formula is C24H24N2O5. The molecule has 1 aromatic heterocycles. The summed E-state index contributed by atoms with van der Waals surface area (Å²) in [5.41, 5.74) is 4.11. The molecule has 1 saturated heterocycles. The van der Waals surface area contributed by atoms with Crippen molar-refractivity contribution >= 4 is 34.2 Å². The normalized spacial score (nSPS) is 15.8. The number of carbonyl (C=O) groups is 2. The Bertz CT molecular complexity index is 1240. The van der Waals surface area contributed by atoms with E-state index < -0.39 is 11.7 Å². The molecule has 160 valence electrons. The van der Waals surface area contributed by atoms with Gasteiger partial charge in [-0.25, -0.2) is 4.79 Å². The monoisotopic (exact) mass is 420 g/mol. The highest BCUT2D eigenvalue weighted by molar-refractivity contribution is 6.07. The Hall–Kier alpha value is -3.45. The van der Waals surface area contributed by atoms with Crippen molar-refractivity contribution in [3.63, 3.8) is 0 Å². The van der Waals surface area contributed by atoms with E-state index in [4.69, 9.17) is 9.15 Å². The first-order valence-electron chi connectivity index (χ1n) is 10.2. The van der Waals surface area contributed by atoms with Crippen molar-refractivity contribution in [3.05, 3.63) is 69.1 Å². The van der Waals surface area contributed by atoms with Gasteiger partial charge in [0.1, 0.15) is 11.7 Å². The first kappa shape index (κ1) is 20.8. The van der Waals surface area contributed by atoms with E-state index in [-0.39, 0.29) is 11.8 Å². The lowest BCUT2D eigenvalue weighted by molar-refractivity contribution is -0.124. The van der Waals surface area contributed by atoms with Crippen molar-refractivity contribution in [2.24, 2.45) is 0 Å². The zero-order valence-electron chi connectivity index (χ0n) is 17.7. The van der Waals surface area contributed by atoms with Gasteiger partial charge in [0.2, 0.25) is 0 Å². The van der Waals surface area contributed by atoms with Crippen LogP contribution in [0.3, 0.4) is 0 Å². The topological polar surface area (TPSA) is 97.6 Å². The molecule has 0 spiro atoms. The number of fused-ring (bicyclic) bond motifs is 1. The third kappa shape index (κ3) is 4.36. The first-order valence-corrected chi connectivity index (χ1v) is 10.2. The number of aryl methyl sites for hydroxylation is 3. The summed E-state index contributed by atoms with van der Waals surface area (Å²) in [5, 5.41) is 6.55. The van der Waals surface area contributed by atoms with Gasteiger partial charge in [0.05, 0.1) is 0 Å². The number of benzene rings is 2. The summed E-state index contributed by atoms with van der Waals surface area (Å²) in [5.74, 6) is -0.495. The van der Waals surface area contributed by atoms with E-state index in [1.807, 2.05) is 20.8 Å². The van der Waals surface area contributed by atoms with E-state index in [1.54, 1.807) is 30.3 Å². The molecule has 2 heterocycles. The van der Waals surface area contributed by atoms with Crippen LogP contribution in [0.2, 0.25) is 0 Å². The molecule has 1 aliphatic heterocycles. The second-order valence-corrected chi connectivity index (χ2v) is 7.89. The highest BCUT2D eigenvalue weighted by Crippen LogP contribution is 2.26. The number of rotatable bonds is 4. The van der Waals surface area contributed by atoms with Crippen molar-refractivity contribution in [1.29, 1.82) is 0 Å².